The molecule has 10 nitrogen and oxygen atoms in total. The summed E-state index contributed by atoms with van der Waals surface area (Å²) in [4.78, 5) is 50.9. The van der Waals surface area contributed by atoms with Crippen molar-refractivity contribution in [1.29, 1.82) is 0 Å². The fraction of sp³-hybridized carbons (Fsp3) is 0.200. The van der Waals surface area contributed by atoms with Crippen molar-refractivity contribution in [3.05, 3.63) is 56.5 Å². The van der Waals surface area contributed by atoms with E-state index in [0.29, 0.717) is 10.3 Å². The van der Waals surface area contributed by atoms with Gasteiger partial charge in [-0.25, -0.2) is 24.1 Å². The first-order valence-electron chi connectivity index (χ1n) is 9.69. The van der Waals surface area contributed by atoms with E-state index in [-0.39, 0.29) is 41.8 Å². The summed E-state index contributed by atoms with van der Waals surface area (Å²) in [6.45, 7) is 2.30. The summed E-state index contributed by atoms with van der Waals surface area (Å²) in [6.07, 6.45) is 2.67. The summed E-state index contributed by atoms with van der Waals surface area (Å²) in [5.41, 5.74) is -0.444. The van der Waals surface area contributed by atoms with Crippen LogP contribution in [0.1, 0.15) is 16.1 Å². The normalized spacial score (nSPS) is 13.8. The minimum atomic E-state index is -1.43. The molecule has 0 atom stereocenters. The highest BCUT2D eigenvalue weighted by Gasteiger charge is 2.36. The molecule has 5 heterocycles. The lowest BCUT2D eigenvalue weighted by molar-refractivity contribution is -0.120. The predicted octanol–water partition coefficient (Wildman–Crippen LogP) is 2.52. The summed E-state index contributed by atoms with van der Waals surface area (Å²) in [7, 11) is 0. The van der Waals surface area contributed by atoms with Crippen LogP contribution in [0, 0.1) is 18.7 Å². The Balaban J connectivity index is 1.48. The largest absolute Gasteiger partial charge is 0.477 e. The number of carboxylic acid groups (broad SMARTS) is 1. The quantitative estimate of drug-likeness (QED) is 0.440. The SMILES string of the molecule is Cc1csc(NC(=O)C2CN(c3nc4c(cc3F)c(=O)c(C(=O)O)cn4-c3nccs3)C2)n1. The van der Waals surface area contributed by atoms with Gasteiger partial charge in [0.05, 0.1) is 17.0 Å². The van der Waals surface area contributed by atoms with Gasteiger partial charge in [0.1, 0.15) is 5.56 Å². The number of fused-ring (bicyclic) bond motifs is 1. The summed E-state index contributed by atoms with van der Waals surface area (Å²) in [5, 5.41) is 16.4. The fourth-order valence-electron chi connectivity index (χ4n) is 3.51. The molecule has 1 aliphatic heterocycles. The second-order valence-electron chi connectivity index (χ2n) is 7.41. The van der Waals surface area contributed by atoms with Crippen molar-refractivity contribution < 1.29 is 19.1 Å². The van der Waals surface area contributed by atoms with E-state index in [0.717, 1.165) is 18.0 Å². The van der Waals surface area contributed by atoms with Gasteiger partial charge in [-0.05, 0) is 13.0 Å². The number of rotatable bonds is 5. The van der Waals surface area contributed by atoms with E-state index in [9.17, 15) is 23.9 Å². The highest BCUT2D eigenvalue weighted by molar-refractivity contribution is 7.14. The van der Waals surface area contributed by atoms with E-state index < -0.39 is 22.8 Å². The van der Waals surface area contributed by atoms with Gasteiger partial charge >= 0.3 is 5.97 Å². The molecule has 13 heteroatoms. The maximum atomic E-state index is 14.9. The number of aryl methyl sites for hydroxylation is 1. The van der Waals surface area contributed by atoms with Crippen molar-refractivity contribution in [2.45, 2.75) is 6.92 Å². The summed E-state index contributed by atoms with van der Waals surface area (Å²) in [5.74, 6) is -2.82. The molecule has 1 aliphatic rings. The van der Waals surface area contributed by atoms with Crippen LogP contribution in [0.4, 0.5) is 15.3 Å². The number of pyridine rings is 2. The number of carbonyl (C=O) groups is 2. The van der Waals surface area contributed by atoms with Gasteiger partial charge in [-0.15, -0.1) is 22.7 Å². The number of amides is 1. The number of carbonyl (C=O) groups excluding carboxylic acids is 1. The number of anilines is 2. The molecule has 0 aliphatic carbocycles. The molecule has 4 aromatic heterocycles. The van der Waals surface area contributed by atoms with Crippen LogP contribution in [0.2, 0.25) is 0 Å². The third-order valence-electron chi connectivity index (χ3n) is 5.17. The molecule has 0 spiro atoms. The Labute approximate surface area is 193 Å². The number of aromatic carboxylic acids is 1. The van der Waals surface area contributed by atoms with Gasteiger partial charge in [-0.3, -0.25) is 14.2 Å². The maximum Gasteiger partial charge on any atom is 0.341 e. The molecule has 1 saturated heterocycles. The molecule has 2 N–H and O–H groups in total. The maximum absolute atomic E-state index is 14.9. The third-order valence-corrected chi connectivity index (χ3v) is 6.82. The van der Waals surface area contributed by atoms with Gasteiger partial charge in [-0.1, -0.05) is 0 Å². The Kier molecular flexibility index (Phi) is 5.13. The Hall–Kier alpha value is -3.71. The first-order valence-corrected chi connectivity index (χ1v) is 11.4. The number of nitrogens with zero attached hydrogens (tertiary/aromatic N) is 5. The van der Waals surface area contributed by atoms with Crippen molar-refractivity contribution in [3.63, 3.8) is 0 Å². The van der Waals surface area contributed by atoms with Gasteiger partial charge in [0, 0.05) is 36.2 Å². The lowest BCUT2D eigenvalue weighted by Gasteiger charge is -2.39. The van der Waals surface area contributed by atoms with Crippen LogP contribution in [-0.4, -0.2) is 49.6 Å². The van der Waals surface area contributed by atoms with Crippen LogP contribution in [-0.2, 0) is 4.79 Å². The van der Waals surface area contributed by atoms with Crippen LogP contribution in [0.25, 0.3) is 16.2 Å². The van der Waals surface area contributed by atoms with Crippen LogP contribution in [0.5, 0.6) is 0 Å². The molecule has 0 aromatic carbocycles. The average molecular weight is 487 g/mol. The van der Waals surface area contributed by atoms with Gasteiger partial charge in [-0.2, -0.15) is 0 Å². The van der Waals surface area contributed by atoms with Crippen molar-refractivity contribution in [2.75, 3.05) is 23.3 Å². The molecule has 33 heavy (non-hydrogen) atoms. The highest BCUT2D eigenvalue weighted by Crippen LogP contribution is 2.29. The Morgan fingerprint density at radius 2 is 2.06 bits per heavy atom. The topological polar surface area (TPSA) is 130 Å². The molecule has 0 saturated carbocycles. The summed E-state index contributed by atoms with van der Waals surface area (Å²) >= 11 is 2.54. The molecule has 1 amide bonds. The number of aromatic nitrogens is 4. The van der Waals surface area contributed by atoms with E-state index in [2.05, 4.69) is 20.3 Å². The van der Waals surface area contributed by atoms with E-state index in [4.69, 9.17) is 0 Å². The minimum Gasteiger partial charge on any atom is -0.477 e. The molecule has 0 bridgehead atoms. The number of hydrogen-bond donors (Lipinski definition) is 2. The Morgan fingerprint density at radius 1 is 1.27 bits per heavy atom. The van der Waals surface area contributed by atoms with Crippen molar-refractivity contribution >= 4 is 56.5 Å². The molecule has 168 valence electrons. The van der Waals surface area contributed by atoms with Gasteiger partial charge in [0.25, 0.3) is 0 Å². The minimum absolute atomic E-state index is 0.0237. The predicted molar refractivity (Wildman–Crippen MR) is 121 cm³/mol. The molecular weight excluding hydrogens is 471 g/mol. The van der Waals surface area contributed by atoms with E-state index in [1.165, 1.54) is 33.4 Å². The number of thiazole rings is 2. The third kappa shape index (κ3) is 3.74. The van der Waals surface area contributed by atoms with Crippen LogP contribution in [0.3, 0.4) is 0 Å². The molecule has 5 rings (SSSR count). The van der Waals surface area contributed by atoms with Crippen LogP contribution >= 0.6 is 22.7 Å². The standard InChI is InChI=1S/C20H15FN6O4S2/c1-9-8-33-19(23-9)25-17(29)10-5-26(6-10)16-13(21)4-11-14(28)12(18(30)31)7-27(15(11)24-16)20-22-2-3-32-20/h2-4,7-8,10H,5-6H2,1H3,(H,30,31)(H,23,25,29). The van der Waals surface area contributed by atoms with Crippen LogP contribution in [0.15, 0.2) is 34.0 Å². The Morgan fingerprint density at radius 3 is 2.70 bits per heavy atom. The molecule has 4 aromatic rings. The van der Waals surface area contributed by atoms with Crippen molar-refractivity contribution in [1.82, 2.24) is 19.5 Å². The Bertz CT molecular complexity index is 1460. The first-order chi connectivity index (χ1) is 15.8. The van der Waals surface area contributed by atoms with E-state index in [1.807, 2.05) is 12.3 Å². The lowest BCUT2D eigenvalue weighted by atomic mass is 9.99. The number of halogens is 1. The molecule has 1 fully saturated rings. The van der Waals surface area contributed by atoms with E-state index >= 15 is 0 Å². The van der Waals surface area contributed by atoms with Gasteiger partial charge in [0.15, 0.2) is 27.5 Å². The average Bonchev–Trinajstić information content (AvgIpc) is 3.40. The molecule has 0 unspecified atom stereocenters. The lowest BCUT2D eigenvalue weighted by Crippen LogP contribution is -2.52. The zero-order valence-corrected chi connectivity index (χ0v) is 18.6. The van der Waals surface area contributed by atoms with Crippen molar-refractivity contribution in [3.8, 4) is 5.13 Å². The summed E-state index contributed by atoms with van der Waals surface area (Å²) < 4.78 is 16.3. The second kappa shape index (κ2) is 8.01. The zero-order chi connectivity index (χ0) is 23.3. The second-order valence-corrected chi connectivity index (χ2v) is 9.14. The fourth-order valence-corrected chi connectivity index (χ4v) is 4.81. The zero-order valence-electron chi connectivity index (χ0n) is 17.0. The van der Waals surface area contributed by atoms with Crippen LogP contribution < -0.4 is 15.6 Å². The van der Waals surface area contributed by atoms with Crippen molar-refractivity contribution in [2.24, 2.45) is 5.92 Å². The van der Waals surface area contributed by atoms with Gasteiger partial charge in [0.2, 0.25) is 11.3 Å². The van der Waals surface area contributed by atoms with Gasteiger partial charge < -0.3 is 15.3 Å². The summed E-state index contributed by atoms with van der Waals surface area (Å²) in [6, 6.07) is 0.988. The molecule has 0 radical (unpaired) electrons. The number of hydrogen-bond acceptors (Lipinski definition) is 9. The smallest absolute Gasteiger partial charge is 0.341 e. The van der Waals surface area contributed by atoms with E-state index in [1.54, 1.807) is 10.3 Å². The first kappa shape index (κ1) is 21.2. The number of carboxylic acids is 1. The monoisotopic (exact) mass is 486 g/mol. The number of nitrogens with one attached hydrogen (secondary N) is 1. The highest BCUT2D eigenvalue weighted by atomic mass is 32.1. The molecular formula is C20H15FN6O4S2.